The van der Waals surface area contributed by atoms with Gasteiger partial charge in [-0.05, 0) is 23.7 Å². The predicted octanol–water partition coefficient (Wildman–Crippen LogP) is 4.37. The van der Waals surface area contributed by atoms with Crippen molar-refractivity contribution in [2.75, 3.05) is 43.4 Å². The molecule has 1 aromatic heterocycles. The van der Waals surface area contributed by atoms with Gasteiger partial charge in [0.2, 0.25) is 5.91 Å². The van der Waals surface area contributed by atoms with Crippen molar-refractivity contribution >= 4 is 31.5 Å². The lowest BCUT2D eigenvalue weighted by atomic mass is 10.1. The second kappa shape index (κ2) is 11.5. The Labute approximate surface area is 214 Å². The number of benzene rings is 1. The zero-order chi connectivity index (χ0) is 27.4. The molecule has 1 aromatic carbocycles. The lowest BCUT2D eigenvalue weighted by Gasteiger charge is -2.35. The number of hydrogen-bond donors (Lipinski definition) is 2. The minimum atomic E-state index is -4.49. The number of methoxy groups -OCH3 is 1. The smallest absolute Gasteiger partial charge is 0.416 e. The highest BCUT2D eigenvalue weighted by Crippen LogP contribution is 2.35. The summed E-state index contributed by atoms with van der Waals surface area (Å²) < 4.78 is 49.7. The second-order valence-electron chi connectivity index (χ2n) is 9.87. The van der Waals surface area contributed by atoms with Crippen LogP contribution in [0.25, 0.3) is 0 Å². The van der Waals surface area contributed by atoms with Crippen molar-refractivity contribution in [3.05, 3.63) is 47.7 Å². The van der Waals surface area contributed by atoms with Gasteiger partial charge in [-0.15, -0.1) is 0 Å². The SMILES string of the molecule is COCC(NC(=O)N1CC(=O)N(COCC[Si](C)(C)C)c2cc(O)cnc21)c1ccc(C(F)(F)F)cc1. The predicted molar refractivity (Wildman–Crippen MR) is 134 cm³/mol. The van der Waals surface area contributed by atoms with E-state index < -0.39 is 37.8 Å². The number of fused-ring (bicyclic) bond motifs is 1. The van der Waals surface area contributed by atoms with Gasteiger partial charge < -0.3 is 19.9 Å². The fourth-order valence-corrected chi connectivity index (χ4v) is 4.39. The van der Waals surface area contributed by atoms with Crippen LogP contribution in [0.1, 0.15) is 17.2 Å². The number of alkyl halides is 3. The Morgan fingerprint density at radius 3 is 2.51 bits per heavy atom. The van der Waals surface area contributed by atoms with Gasteiger partial charge in [0, 0.05) is 27.9 Å². The Kier molecular flexibility index (Phi) is 8.82. The van der Waals surface area contributed by atoms with Crippen LogP contribution in [-0.2, 0) is 20.4 Å². The number of hydrogen-bond acceptors (Lipinski definition) is 6. The lowest BCUT2D eigenvalue weighted by molar-refractivity contribution is -0.137. The molecule has 1 aliphatic heterocycles. The van der Waals surface area contributed by atoms with E-state index in [0.29, 0.717) is 12.2 Å². The number of amides is 3. The lowest BCUT2D eigenvalue weighted by Crippen LogP contribution is -2.53. The van der Waals surface area contributed by atoms with E-state index in [2.05, 4.69) is 29.9 Å². The van der Waals surface area contributed by atoms with Crippen LogP contribution in [0.5, 0.6) is 5.75 Å². The van der Waals surface area contributed by atoms with Gasteiger partial charge in [-0.2, -0.15) is 13.2 Å². The highest BCUT2D eigenvalue weighted by atomic mass is 28.3. The summed E-state index contributed by atoms with van der Waals surface area (Å²) in [5, 5.41) is 12.7. The summed E-state index contributed by atoms with van der Waals surface area (Å²) >= 11 is 0. The summed E-state index contributed by atoms with van der Waals surface area (Å²) in [6.07, 6.45) is -3.33. The van der Waals surface area contributed by atoms with Gasteiger partial charge in [-0.25, -0.2) is 9.78 Å². The van der Waals surface area contributed by atoms with E-state index in [1.165, 1.54) is 30.2 Å². The van der Waals surface area contributed by atoms with E-state index in [0.717, 1.165) is 29.3 Å². The molecule has 2 N–H and O–H groups in total. The molecule has 0 spiro atoms. The van der Waals surface area contributed by atoms with Gasteiger partial charge in [0.1, 0.15) is 19.0 Å². The summed E-state index contributed by atoms with van der Waals surface area (Å²) in [5.41, 5.74) is -0.217. The van der Waals surface area contributed by atoms with Crippen molar-refractivity contribution in [1.29, 1.82) is 0 Å². The molecule has 0 aliphatic carbocycles. The maximum atomic E-state index is 13.2. The average molecular weight is 541 g/mol. The zero-order valence-electron chi connectivity index (χ0n) is 21.1. The number of rotatable bonds is 9. The van der Waals surface area contributed by atoms with Crippen molar-refractivity contribution in [2.45, 2.75) is 37.9 Å². The summed E-state index contributed by atoms with van der Waals surface area (Å²) in [7, 11) is 0.0575. The molecule has 9 nitrogen and oxygen atoms in total. The van der Waals surface area contributed by atoms with E-state index >= 15 is 0 Å². The quantitative estimate of drug-likeness (QED) is 0.362. The molecule has 202 valence electrons. The number of carbonyl (C=O) groups is 2. The number of aromatic hydroxyl groups is 1. The number of aromatic nitrogens is 1. The molecule has 2 heterocycles. The molecule has 0 saturated heterocycles. The Hall–Kier alpha value is -3.16. The van der Waals surface area contributed by atoms with Crippen LogP contribution < -0.4 is 15.1 Å². The van der Waals surface area contributed by atoms with Gasteiger partial charge in [-0.1, -0.05) is 31.8 Å². The van der Waals surface area contributed by atoms with Gasteiger partial charge in [0.05, 0.1) is 30.1 Å². The molecule has 37 heavy (non-hydrogen) atoms. The third-order valence-electron chi connectivity index (χ3n) is 5.71. The fraction of sp³-hybridized carbons (Fsp3) is 0.458. The first-order valence-corrected chi connectivity index (χ1v) is 15.3. The van der Waals surface area contributed by atoms with E-state index in [1.807, 2.05) is 0 Å². The molecule has 0 saturated carbocycles. The molecule has 3 rings (SSSR count). The highest BCUT2D eigenvalue weighted by Gasteiger charge is 2.35. The van der Waals surface area contributed by atoms with Crippen molar-refractivity contribution in [3.8, 4) is 5.75 Å². The molecule has 13 heteroatoms. The van der Waals surface area contributed by atoms with Crippen molar-refractivity contribution in [3.63, 3.8) is 0 Å². The molecule has 0 bridgehead atoms. The molecule has 1 unspecified atom stereocenters. The number of halogens is 3. The maximum absolute atomic E-state index is 13.2. The number of carbonyl (C=O) groups excluding carboxylic acids is 2. The monoisotopic (exact) mass is 540 g/mol. The van der Waals surface area contributed by atoms with Crippen molar-refractivity contribution in [1.82, 2.24) is 10.3 Å². The van der Waals surface area contributed by atoms with Gasteiger partial charge in [-0.3, -0.25) is 14.6 Å². The van der Waals surface area contributed by atoms with Crippen LogP contribution in [0.3, 0.4) is 0 Å². The number of ether oxygens (including phenoxy) is 2. The number of nitrogens with zero attached hydrogens (tertiary/aromatic N) is 3. The third-order valence-corrected chi connectivity index (χ3v) is 7.41. The summed E-state index contributed by atoms with van der Waals surface area (Å²) in [4.78, 5) is 32.8. The first-order chi connectivity index (χ1) is 17.3. The minimum Gasteiger partial charge on any atom is -0.506 e. The van der Waals surface area contributed by atoms with Crippen LogP contribution in [0.2, 0.25) is 25.7 Å². The maximum Gasteiger partial charge on any atom is 0.416 e. The minimum absolute atomic E-state index is 0.0220. The molecule has 0 fully saturated rings. The largest absolute Gasteiger partial charge is 0.506 e. The zero-order valence-corrected chi connectivity index (χ0v) is 22.1. The fourth-order valence-electron chi connectivity index (χ4n) is 3.63. The normalized spacial score (nSPS) is 14.9. The van der Waals surface area contributed by atoms with E-state index in [-0.39, 0.29) is 37.1 Å². The van der Waals surface area contributed by atoms with Crippen LogP contribution in [0.4, 0.5) is 29.5 Å². The highest BCUT2D eigenvalue weighted by molar-refractivity contribution is 6.76. The number of pyridine rings is 1. The van der Waals surface area contributed by atoms with Gasteiger partial charge in [0.25, 0.3) is 0 Å². The summed E-state index contributed by atoms with van der Waals surface area (Å²) in [6.45, 7) is 6.66. The van der Waals surface area contributed by atoms with Crippen LogP contribution in [0, 0.1) is 0 Å². The molecule has 1 aliphatic rings. The van der Waals surface area contributed by atoms with E-state index in [9.17, 15) is 27.9 Å². The first-order valence-electron chi connectivity index (χ1n) is 11.6. The van der Waals surface area contributed by atoms with Crippen molar-refractivity contribution < 1.29 is 37.3 Å². The van der Waals surface area contributed by atoms with Crippen LogP contribution in [0.15, 0.2) is 36.5 Å². The molecule has 1 atom stereocenters. The van der Waals surface area contributed by atoms with Gasteiger partial charge >= 0.3 is 12.2 Å². The molecular weight excluding hydrogens is 509 g/mol. The number of nitrogens with one attached hydrogen (secondary N) is 1. The molecule has 2 aromatic rings. The topological polar surface area (TPSA) is 104 Å². The molecule has 3 amide bonds. The van der Waals surface area contributed by atoms with Crippen molar-refractivity contribution in [2.24, 2.45) is 0 Å². The summed E-state index contributed by atoms with van der Waals surface area (Å²) in [6, 6.07) is 5.11. The van der Waals surface area contributed by atoms with E-state index in [4.69, 9.17) is 9.47 Å². The summed E-state index contributed by atoms with van der Waals surface area (Å²) in [5.74, 6) is -0.504. The Balaban J connectivity index is 1.79. The van der Waals surface area contributed by atoms with Crippen LogP contribution in [-0.4, -0.2) is 63.7 Å². The molecule has 0 radical (unpaired) electrons. The standard InChI is InChI=1S/C24H31F3N4O5Si/c1-35-14-19(16-5-7-17(8-6-16)24(25,26)27)29-23(34)30-13-21(33)31(15-36-9-10-37(2,3)4)20-11-18(32)12-28-22(20)30/h5-8,11-12,19,32H,9-10,13-15H2,1-4H3,(H,29,34). The van der Waals surface area contributed by atoms with E-state index in [1.54, 1.807) is 0 Å². The van der Waals surface area contributed by atoms with Gasteiger partial charge in [0.15, 0.2) is 5.82 Å². The number of urea groups is 1. The Morgan fingerprint density at radius 2 is 1.92 bits per heavy atom. The number of anilines is 2. The molecular formula is C24H31F3N4O5Si. The third kappa shape index (κ3) is 7.43. The first kappa shape index (κ1) is 28.4. The van der Waals surface area contributed by atoms with Crippen LogP contribution >= 0.6 is 0 Å². The second-order valence-corrected chi connectivity index (χ2v) is 15.5. The Morgan fingerprint density at radius 1 is 1.24 bits per heavy atom. The average Bonchev–Trinajstić information content (AvgIpc) is 2.81. The Bertz CT molecular complexity index is 1110.